The summed E-state index contributed by atoms with van der Waals surface area (Å²) in [6, 6.07) is 0. The number of rotatable bonds is 56. The van der Waals surface area contributed by atoms with E-state index in [0.717, 1.165) is 64.2 Å². The van der Waals surface area contributed by atoms with Gasteiger partial charge < -0.3 is 14.2 Å². The predicted octanol–water partition coefficient (Wildman–Crippen LogP) is 20.3. The molecular weight excluding hydrogens is 841 g/mol. The highest BCUT2D eigenvalue weighted by atomic mass is 16.6. The number of carbonyl (C=O) groups is 3. The number of ether oxygens (including phenoxy) is 3. The van der Waals surface area contributed by atoms with Crippen LogP contribution in [0.3, 0.4) is 0 Å². The van der Waals surface area contributed by atoms with Crippen molar-refractivity contribution >= 4 is 17.9 Å². The van der Waals surface area contributed by atoms with Crippen LogP contribution in [0.1, 0.15) is 335 Å². The number of allylic oxidation sites excluding steroid dienone is 4. The highest BCUT2D eigenvalue weighted by molar-refractivity contribution is 5.71. The van der Waals surface area contributed by atoms with Crippen molar-refractivity contribution in [1.29, 1.82) is 0 Å². The first-order valence-electron chi connectivity index (χ1n) is 30.3. The Labute approximate surface area is 423 Å². The van der Waals surface area contributed by atoms with Crippen LogP contribution in [-0.2, 0) is 28.6 Å². The van der Waals surface area contributed by atoms with Gasteiger partial charge in [0.05, 0.1) is 0 Å². The zero-order chi connectivity index (χ0) is 49.3. The highest BCUT2D eigenvalue weighted by Crippen LogP contribution is 2.17. The van der Waals surface area contributed by atoms with Crippen molar-refractivity contribution in [3.05, 3.63) is 24.3 Å². The molecule has 0 aliphatic rings. The Morgan fingerprint density at radius 2 is 0.529 bits per heavy atom. The standard InChI is InChI=1S/C62H116O6/c1-4-7-10-13-16-19-22-24-25-26-27-28-29-30-31-32-33-34-35-36-37-38-41-43-46-49-52-55-61(64)67-58-59(57-66-60(63)54-51-48-45-42-39-21-18-15-12-9-6-3)68-62(65)56-53-50-47-44-40-23-20-17-14-11-8-5-2/h22,24,26-27,59H,4-21,23,25,28-58H2,1-3H3/b24-22-,27-26-. The van der Waals surface area contributed by atoms with Gasteiger partial charge in [-0.15, -0.1) is 0 Å². The molecule has 1 atom stereocenters. The van der Waals surface area contributed by atoms with Crippen molar-refractivity contribution in [1.82, 2.24) is 0 Å². The van der Waals surface area contributed by atoms with Crippen LogP contribution >= 0.6 is 0 Å². The smallest absolute Gasteiger partial charge is 0.306 e. The average Bonchev–Trinajstić information content (AvgIpc) is 3.34. The van der Waals surface area contributed by atoms with Crippen LogP contribution in [0.4, 0.5) is 0 Å². The second kappa shape index (κ2) is 57.5. The summed E-state index contributed by atoms with van der Waals surface area (Å²) in [6.07, 6.45) is 67.6. The number of unbranched alkanes of at least 4 members (excludes halogenated alkanes) is 41. The summed E-state index contributed by atoms with van der Waals surface area (Å²) in [5.41, 5.74) is 0. The first-order chi connectivity index (χ1) is 33.5. The first-order valence-corrected chi connectivity index (χ1v) is 30.3. The molecule has 0 aromatic rings. The van der Waals surface area contributed by atoms with E-state index in [0.29, 0.717) is 19.3 Å². The van der Waals surface area contributed by atoms with Crippen molar-refractivity contribution in [2.45, 2.75) is 341 Å². The van der Waals surface area contributed by atoms with E-state index >= 15 is 0 Å². The van der Waals surface area contributed by atoms with Crippen molar-refractivity contribution in [2.75, 3.05) is 13.2 Å². The molecule has 0 aromatic carbocycles. The molecule has 0 amide bonds. The van der Waals surface area contributed by atoms with Crippen LogP contribution in [0.2, 0.25) is 0 Å². The first kappa shape index (κ1) is 65.9. The minimum absolute atomic E-state index is 0.0649. The van der Waals surface area contributed by atoms with Gasteiger partial charge in [-0.3, -0.25) is 14.4 Å². The molecule has 0 heterocycles. The van der Waals surface area contributed by atoms with Gasteiger partial charge in [0.15, 0.2) is 6.10 Å². The van der Waals surface area contributed by atoms with E-state index in [1.807, 2.05) is 0 Å². The Bertz CT molecular complexity index is 1100. The average molecular weight is 958 g/mol. The minimum Gasteiger partial charge on any atom is -0.462 e. The lowest BCUT2D eigenvalue weighted by Gasteiger charge is -2.18. The second-order valence-corrected chi connectivity index (χ2v) is 20.6. The third-order valence-electron chi connectivity index (χ3n) is 13.7. The quantitative estimate of drug-likeness (QED) is 0.0262. The van der Waals surface area contributed by atoms with Crippen LogP contribution in [0.25, 0.3) is 0 Å². The summed E-state index contributed by atoms with van der Waals surface area (Å²) in [7, 11) is 0. The monoisotopic (exact) mass is 957 g/mol. The van der Waals surface area contributed by atoms with E-state index in [1.54, 1.807) is 0 Å². The van der Waals surface area contributed by atoms with Gasteiger partial charge in [-0.05, 0) is 51.4 Å². The summed E-state index contributed by atoms with van der Waals surface area (Å²) in [6.45, 7) is 6.67. The molecular formula is C62H116O6. The van der Waals surface area contributed by atoms with Crippen molar-refractivity contribution in [3.63, 3.8) is 0 Å². The molecule has 0 aliphatic carbocycles. The molecule has 0 rings (SSSR count). The van der Waals surface area contributed by atoms with E-state index in [1.165, 1.54) is 231 Å². The van der Waals surface area contributed by atoms with Gasteiger partial charge in [-0.25, -0.2) is 0 Å². The Hall–Kier alpha value is -2.11. The third kappa shape index (κ3) is 54.8. The van der Waals surface area contributed by atoms with E-state index in [4.69, 9.17) is 14.2 Å². The minimum atomic E-state index is -0.764. The fraction of sp³-hybridized carbons (Fsp3) is 0.887. The molecule has 0 saturated heterocycles. The van der Waals surface area contributed by atoms with Gasteiger partial charge in [0.25, 0.3) is 0 Å². The molecule has 0 aliphatic heterocycles. The Morgan fingerprint density at radius 3 is 0.809 bits per heavy atom. The van der Waals surface area contributed by atoms with Gasteiger partial charge in [0.2, 0.25) is 0 Å². The van der Waals surface area contributed by atoms with E-state index in [-0.39, 0.29) is 31.1 Å². The van der Waals surface area contributed by atoms with Gasteiger partial charge >= 0.3 is 17.9 Å². The fourth-order valence-corrected chi connectivity index (χ4v) is 9.12. The van der Waals surface area contributed by atoms with Gasteiger partial charge in [0.1, 0.15) is 13.2 Å². The predicted molar refractivity (Wildman–Crippen MR) is 293 cm³/mol. The number of carbonyl (C=O) groups excluding carboxylic acids is 3. The van der Waals surface area contributed by atoms with Crippen LogP contribution in [0.5, 0.6) is 0 Å². The van der Waals surface area contributed by atoms with Crippen molar-refractivity contribution in [3.8, 4) is 0 Å². The van der Waals surface area contributed by atoms with E-state index < -0.39 is 6.10 Å². The summed E-state index contributed by atoms with van der Waals surface area (Å²) in [4.78, 5) is 38.1. The van der Waals surface area contributed by atoms with Gasteiger partial charge in [0, 0.05) is 19.3 Å². The molecule has 1 unspecified atom stereocenters. The fourth-order valence-electron chi connectivity index (χ4n) is 9.12. The van der Waals surface area contributed by atoms with E-state index in [9.17, 15) is 14.4 Å². The van der Waals surface area contributed by atoms with E-state index in [2.05, 4.69) is 45.1 Å². The lowest BCUT2D eigenvalue weighted by Crippen LogP contribution is -2.30. The molecule has 6 heteroatoms. The number of hydrogen-bond donors (Lipinski definition) is 0. The molecule has 0 fully saturated rings. The lowest BCUT2D eigenvalue weighted by atomic mass is 10.0. The maximum absolute atomic E-state index is 12.8. The van der Waals surface area contributed by atoms with Crippen LogP contribution < -0.4 is 0 Å². The third-order valence-corrected chi connectivity index (χ3v) is 13.7. The second-order valence-electron chi connectivity index (χ2n) is 20.6. The Morgan fingerprint density at radius 1 is 0.294 bits per heavy atom. The topological polar surface area (TPSA) is 78.9 Å². The zero-order valence-corrected chi connectivity index (χ0v) is 45.9. The summed E-state index contributed by atoms with van der Waals surface area (Å²) >= 11 is 0. The van der Waals surface area contributed by atoms with Gasteiger partial charge in [-0.2, -0.15) is 0 Å². The summed E-state index contributed by atoms with van der Waals surface area (Å²) < 4.78 is 16.9. The highest BCUT2D eigenvalue weighted by Gasteiger charge is 2.19. The Kier molecular flexibility index (Phi) is 55.7. The van der Waals surface area contributed by atoms with Crippen LogP contribution in [0, 0.1) is 0 Å². The molecule has 68 heavy (non-hydrogen) atoms. The van der Waals surface area contributed by atoms with Crippen LogP contribution in [0.15, 0.2) is 24.3 Å². The SMILES string of the molecule is CCCCCCC/C=C\C/C=C\CCCCCCCCCCCCCCCCCC(=O)OCC(COC(=O)CCCCCCCCCCCCC)OC(=O)CCCCCCCCCCCCCC. The molecule has 0 aromatic heterocycles. The van der Waals surface area contributed by atoms with Crippen molar-refractivity contribution < 1.29 is 28.6 Å². The maximum atomic E-state index is 12.8. The lowest BCUT2D eigenvalue weighted by molar-refractivity contribution is -0.167. The molecule has 0 saturated carbocycles. The largest absolute Gasteiger partial charge is 0.462 e. The molecule has 0 radical (unpaired) electrons. The van der Waals surface area contributed by atoms with Gasteiger partial charge in [-0.1, -0.05) is 289 Å². The summed E-state index contributed by atoms with van der Waals surface area (Å²) in [5.74, 6) is -0.845. The molecule has 400 valence electrons. The normalized spacial score (nSPS) is 12.1. The van der Waals surface area contributed by atoms with Crippen molar-refractivity contribution in [2.24, 2.45) is 0 Å². The number of hydrogen-bond acceptors (Lipinski definition) is 6. The Balaban J connectivity index is 4.11. The molecule has 0 spiro atoms. The zero-order valence-electron chi connectivity index (χ0n) is 45.9. The molecule has 6 nitrogen and oxygen atoms in total. The van der Waals surface area contributed by atoms with Crippen LogP contribution in [-0.4, -0.2) is 37.2 Å². The molecule has 0 N–H and O–H groups in total. The number of esters is 3. The summed E-state index contributed by atoms with van der Waals surface area (Å²) in [5, 5.41) is 0. The maximum Gasteiger partial charge on any atom is 0.306 e. The molecule has 0 bridgehead atoms.